The molecule has 4 nitrogen and oxygen atoms in total. The first-order valence-electron chi connectivity index (χ1n) is 5.19. The van der Waals surface area contributed by atoms with Crippen molar-refractivity contribution in [3.05, 3.63) is 17.3 Å². The number of anilines is 1. The van der Waals surface area contributed by atoms with Crippen molar-refractivity contribution in [1.29, 1.82) is 0 Å². The van der Waals surface area contributed by atoms with Crippen LogP contribution in [0.5, 0.6) is 0 Å². The van der Waals surface area contributed by atoms with Crippen molar-refractivity contribution in [1.82, 2.24) is 15.5 Å². The lowest BCUT2D eigenvalue weighted by Crippen LogP contribution is -2.35. The monoisotopic (exact) mass is 226 g/mol. The quantitative estimate of drug-likeness (QED) is 0.844. The van der Waals surface area contributed by atoms with E-state index in [-0.39, 0.29) is 0 Å². The molecule has 0 saturated carbocycles. The van der Waals surface area contributed by atoms with E-state index in [0.29, 0.717) is 11.2 Å². The van der Waals surface area contributed by atoms with E-state index in [1.807, 2.05) is 13.1 Å². The minimum absolute atomic E-state index is 0.436. The predicted molar refractivity (Wildman–Crippen MR) is 61.3 cm³/mol. The zero-order valence-corrected chi connectivity index (χ0v) is 9.54. The highest BCUT2D eigenvalue weighted by Gasteiger charge is 2.16. The van der Waals surface area contributed by atoms with Crippen molar-refractivity contribution in [2.75, 3.05) is 25.0 Å². The molecule has 2 heterocycles. The van der Waals surface area contributed by atoms with E-state index in [9.17, 15) is 0 Å². The second-order valence-electron chi connectivity index (χ2n) is 3.89. The van der Waals surface area contributed by atoms with Crippen molar-refractivity contribution >= 4 is 17.4 Å². The van der Waals surface area contributed by atoms with Gasteiger partial charge in [0.2, 0.25) is 0 Å². The fourth-order valence-corrected chi connectivity index (χ4v) is 1.95. The molecule has 1 saturated heterocycles. The number of halogens is 1. The molecule has 1 fully saturated rings. The summed E-state index contributed by atoms with van der Waals surface area (Å²) in [6.45, 7) is 2.10. The summed E-state index contributed by atoms with van der Waals surface area (Å²) < 4.78 is 0. The molecule has 1 aromatic heterocycles. The van der Waals surface area contributed by atoms with Gasteiger partial charge in [0.15, 0.2) is 11.0 Å². The Morgan fingerprint density at radius 3 is 3.00 bits per heavy atom. The zero-order valence-electron chi connectivity index (χ0n) is 8.78. The summed E-state index contributed by atoms with van der Waals surface area (Å²) in [4.78, 5) is 2.10. The van der Waals surface area contributed by atoms with Crippen LogP contribution in [0.3, 0.4) is 0 Å². The third kappa shape index (κ3) is 2.79. The lowest BCUT2D eigenvalue weighted by molar-refractivity contribution is 0.596. The number of nitrogens with zero attached hydrogens (tertiary/aromatic N) is 3. The molecule has 0 aliphatic carbocycles. The Balaban J connectivity index is 1.94. The number of aromatic nitrogens is 2. The van der Waals surface area contributed by atoms with Crippen molar-refractivity contribution in [3.8, 4) is 0 Å². The number of hydrogen-bond acceptors (Lipinski definition) is 4. The number of rotatable bonds is 3. The molecule has 15 heavy (non-hydrogen) atoms. The first kappa shape index (κ1) is 10.6. The largest absolute Gasteiger partial charge is 0.357 e. The van der Waals surface area contributed by atoms with Gasteiger partial charge in [-0.3, -0.25) is 0 Å². The van der Waals surface area contributed by atoms with Crippen LogP contribution in [-0.4, -0.2) is 36.4 Å². The van der Waals surface area contributed by atoms with Gasteiger partial charge in [0.05, 0.1) is 0 Å². The predicted octanol–water partition coefficient (Wildman–Crippen LogP) is 1.32. The van der Waals surface area contributed by atoms with E-state index in [1.165, 1.54) is 12.8 Å². The van der Waals surface area contributed by atoms with Crippen LogP contribution >= 0.6 is 11.6 Å². The van der Waals surface area contributed by atoms with Gasteiger partial charge < -0.3 is 10.2 Å². The van der Waals surface area contributed by atoms with E-state index in [4.69, 9.17) is 11.6 Å². The minimum atomic E-state index is 0.436. The van der Waals surface area contributed by atoms with Gasteiger partial charge in [-0.25, -0.2) is 0 Å². The third-order valence-electron chi connectivity index (χ3n) is 2.67. The minimum Gasteiger partial charge on any atom is -0.357 e. The molecule has 1 atom stereocenters. The molecule has 0 aromatic carbocycles. The summed E-state index contributed by atoms with van der Waals surface area (Å²) in [5, 5.41) is 11.8. The molecule has 1 aliphatic rings. The molecule has 0 bridgehead atoms. The van der Waals surface area contributed by atoms with E-state index >= 15 is 0 Å². The van der Waals surface area contributed by atoms with Crippen LogP contribution in [0.15, 0.2) is 12.1 Å². The lowest BCUT2D eigenvalue weighted by Gasteiger charge is -2.21. The second kappa shape index (κ2) is 4.77. The average Bonchev–Trinajstić information content (AvgIpc) is 2.71. The molecular weight excluding hydrogens is 212 g/mol. The third-order valence-corrected chi connectivity index (χ3v) is 2.87. The number of likely N-dealkylation sites (N-methyl/N-ethyl adjacent to an activating group) is 1. The maximum atomic E-state index is 5.68. The Hall–Kier alpha value is -0.870. The Labute approximate surface area is 94.6 Å². The van der Waals surface area contributed by atoms with Crippen LogP contribution in [-0.2, 0) is 0 Å². The molecule has 1 aliphatic heterocycles. The summed E-state index contributed by atoms with van der Waals surface area (Å²) in [7, 11) is 2.03. The van der Waals surface area contributed by atoms with Crippen LogP contribution < -0.4 is 10.2 Å². The SMILES string of the molecule is CN(C[C@@H]1CCCN1)c1ccc(Cl)nn1. The topological polar surface area (TPSA) is 41.0 Å². The Morgan fingerprint density at radius 1 is 1.53 bits per heavy atom. The molecule has 0 radical (unpaired) electrons. The molecule has 0 amide bonds. The standard InChI is InChI=1S/C10H15ClN4/c1-15(7-8-3-2-6-12-8)10-5-4-9(11)13-14-10/h4-5,8,12H,2-3,6-7H2,1H3/t8-/m0/s1. The van der Waals surface area contributed by atoms with Crippen LogP contribution in [0.1, 0.15) is 12.8 Å². The van der Waals surface area contributed by atoms with E-state index in [1.54, 1.807) is 6.07 Å². The smallest absolute Gasteiger partial charge is 0.151 e. The molecular formula is C10H15ClN4. The summed E-state index contributed by atoms with van der Waals surface area (Å²) in [6.07, 6.45) is 2.51. The summed E-state index contributed by atoms with van der Waals surface area (Å²) in [5.74, 6) is 0.869. The zero-order chi connectivity index (χ0) is 10.7. The molecule has 0 unspecified atom stereocenters. The maximum absolute atomic E-state index is 5.68. The highest BCUT2D eigenvalue weighted by molar-refractivity contribution is 6.29. The van der Waals surface area contributed by atoms with Gasteiger partial charge in [0.25, 0.3) is 0 Å². The van der Waals surface area contributed by atoms with Gasteiger partial charge in [-0.1, -0.05) is 11.6 Å². The van der Waals surface area contributed by atoms with Crippen molar-refractivity contribution in [3.63, 3.8) is 0 Å². The van der Waals surface area contributed by atoms with Crippen LogP contribution in [0.4, 0.5) is 5.82 Å². The number of nitrogens with one attached hydrogen (secondary N) is 1. The van der Waals surface area contributed by atoms with Crippen molar-refractivity contribution < 1.29 is 0 Å². The van der Waals surface area contributed by atoms with Gasteiger partial charge in [0, 0.05) is 19.6 Å². The van der Waals surface area contributed by atoms with Gasteiger partial charge in [-0.05, 0) is 31.5 Å². The normalized spacial score (nSPS) is 20.5. The van der Waals surface area contributed by atoms with Crippen LogP contribution in [0, 0.1) is 0 Å². The molecule has 2 rings (SSSR count). The summed E-state index contributed by atoms with van der Waals surface area (Å²) >= 11 is 5.68. The summed E-state index contributed by atoms with van der Waals surface area (Å²) in [5.41, 5.74) is 0. The highest BCUT2D eigenvalue weighted by Crippen LogP contribution is 2.13. The second-order valence-corrected chi connectivity index (χ2v) is 4.28. The van der Waals surface area contributed by atoms with E-state index < -0.39 is 0 Å². The van der Waals surface area contributed by atoms with Crippen molar-refractivity contribution in [2.45, 2.75) is 18.9 Å². The van der Waals surface area contributed by atoms with Gasteiger partial charge in [-0.2, -0.15) is 0 Å². The first-order valence-corrected chi connectivity index (χ1v) is 5.57. The average molecular weight is 227 g/mol. The Kier molecular flexibility index (Phi) is 3.38. The fraction of sp³-hybridized carbons (Fsp3) is 0.600. The Bertz CT molecular complexity index is 308. The van der Waals surface area contributed by atoms with Gasteiger partial charge in [-0.15, -0.1) is 10.2 Å². The molecule has 1 aromatic rings. The van der Waals surface area contributed by atoms with E-state index in [2.05, 4.69) is 20.4 Å². The van der Waals surface area contributed by atoms with Crippen molar-refractivity contribution in [2.24, 2.45) is 0 Å². The maximum Gasteiger partial charge on any atom is 0.151 e. The first-order chi connectivity index (χ1) is 7.25. The molecule has 5 heteroatoms. The molecule has 82 valence electrons. The van der Waals surface area contributed by atoms with Crippen LogP contribution in [0.2, 0.25) is 5.15 Å². The number of hydrogen-bond donors (Lipinski definition) is 1. The van der Waals surface area contributed by atoms with Crippen LogP contribution in [0.25, 0.3) is 0 Å². The fourth-order valence-electron chi connectivity index (χ4n) is 1.85. The molecule has 1 N–H and O–H groups in total. The highest BCUT2D eigenvalue weighted by atomic mass is 35.5. The lowest BCUT2D eigenvalue weighted by atomic mass is 10.2. The molecule has 0 spiro atoms. The van der Waals surface area contributed by atoms with E-state index in [0.717, 1.165) is 18.9 Å². The Morgan fingerprint density at radius 2 is 2.40 bits per heavy atom. The van der Waals surface area contributed by atoms with Gasteiger partial charge >= 0.3 is 0 Å². The van der Waals surface area contributed by atoms with Gasteiger partial charge in [0.1, 0.15) is 0 Å². The summed E-state index contributed by atoms with van der Waals surface area (Å²) in [6, 6.07) is 4.24.